The van der Waals surface area contributed by atoms with Gasteiger partial charge in [-0.05, 0) is 12.1 Å². The Labute approximate surface area is 74.8 Å². The topological polar surface area (TPSA) is 53.0 Å². The van der Waals surface area contributed by atoms with Crippen molar-refractivity contribution >= 4 is 17.7 Å². The van der Waals surface area contributed by atoms with Crippen molar-refractivity contribution in [1.29, 1.82) is 0 Å². The van der Waals surface area contributed by atoms with Crippen LogP contribution in [0.15, 0.2) is 24.4 Å². The zero-order chi connectivity index (χ0) is 8.81. The van der Waals surface area contributed by atoms with Gasteiger partial charge in [0.05, 0.1) is 11.7 Å². The van der Waals surface area contributed by atoms with E-state index in [0.717, 1.165) is 5.69 Å². The van der Waals surface area contributed by atoms with Crippen LogP contribution in [-0.2, 0) is 10.5 Å². The van der Waals surface area contributed by atoms with Gasteiger partial charge in [-0.25, -0.2) is 0 Å². The van der Waals surface area contributed by atoms with E-state index in [1.165, 1.54) is 11.8 Å². The summed E-state index contributed by atoms with van der Waals surface area (Å²) in [7, 11) is 0. The normalized spacial score (nSPS) is 9.67. The Bertz CT molecular complexity index is 250. The van der Waals surface area contributed by atoms with Crippen LogP contribution in [0.1, 0.15) is 5.69 Å². The van der Waals surface area contributed by atoms with Crippen molar-refractivity contribution in [3.05, 3.63) is 30.1 Å². The molecule has 1 aromatic heterocycles. The zero-order valence-corrected chi connectivity index (χ0v) is 7.21. The van der Waals surface area contributed by atoms with E-state index >= 15 is 0 Å². The van der Waals surface area contributed by atoms with Gasteiger partial charge in [-0.2, -0.15) is 0 Å². The summed E-state index contributed by atoms with van der Waals surface area (Å²) in [5.41, 5.74) is 0.892. The van der Waals surface area contributed by atoms with E-state index in [1.807, 2.05) is 18.2 Å². The molecule has 0 atom stereocenters. The average molecular weight is 182 g/mol. The van der Waals surface area contributed by atoms with Crippen LogP contribution >= 0.6 is 11.8 Å². The van der Waals surface area contributed by atoms with Crippen LogP contribution < -0.4 is 5.11 Å². The van der Waals surface area contributed by atoms with Crippen molar-refractivity contribution < 1.29 is 9.90 Å². The lowest BCUT2D eigenvalue weighted by molar-refractivity contribution is -0.301. The van der Waals surface area contributed by atoms with E-state index in [9.17, 15) is 9.90 Å². The molecule has 0 unspecified atom stereocenters. The first-order chi connectivity index (χ1) is 5.79. The highest BCUT2D eigenvalue weighted by molar-refractivity contribution is 7.99. The number of hydrogen-bond acceptors (Lipinski definition) is 4. The Morgan fingerprint density at radius 2 is 2.42 bits per heavy atom. The highest BCUT2D eigenvalue weighted by Gasteiger charge is 1.92. The minimum Gasteiger partial charge on any atom is -0.549 e. The van der Waals surface area contributed by atoms with E-state index in [-0.39, 0.29) is 5.75 Å². The van der Waals surface area contributed by atoms with Gasteiger partial charge in [-0.1, -0.05) is 6.07 Å². The summed E-state index contributed by atoms with van der Waals surface area (Å²) in [4.78, 5) is 14.1. The fraction of sp³-hybridized carbons (Fsp3) is 0.250. The maximum absolute atomic E-state index is 10.0. The lowest BCUT2D eigenvalue weighted by Gasteiger charge is -2.00. The maximum atomic E-state index is 10.0. The minimum atomic E-state index is -1.03. The molecule has 1 aromatic rings. The molecule has 0 saturated carbocycles. The molecule has 0 amide bonds. The number of pyridine rings is 1. The van der Waals surface area contributed by atoms with Gasteiger partial charge in [0, 0.05) is 17.7 Å². The first-order valence-corrected chi connectivity index (χ1v) is 4.62. The lowest BCUT2D eigenvalue weighted by atomic mass is 10.4. The van der Waals surface area contributed by atoms with Crippen LogP contribution in [0.5, 0.6) is 0 Å². The number of carbonyl (C=O) groups excluding carboxylic acids is 1. The molecule has 1 rings (SSSR count). The summed E-state index contributed by atoms with van der Waals surface area (Å²) in [5, 5.41) is 10.0. The second-order valence-electron chi connectivity index (χ2n) is 2.19. The molecule has 0 aliphatic rings. The summed E-state index contributed by atoms with van der Waals surface area (Å²) in [5.74, 6) is -0.387. The van der Waals surface area contributed by atoms with Crippen LogP contribution in [0.4, 0.5) is 0 Å². The molecule has 0 aliphatic heterocycles. The first kappa shape index (κ1) is 9.06. The van der Waals surface area contributed by atoms with Crippen molar-refractivity contribution in [1.82, 2.24) is 4.98 Å². The van der Waals surface area contributed by atoms with Gasteiger partial charge in [0.1, 0.15) is 0 Å². The van der Waals surface area contributed by atoms with E-state index in [0.29, 0.717) is 5.75 Å². The van der Waals surface area contributed by atoms with Gasteiger partial charge in [0.2, 0.25) is 0 Å². The van der Waals surface area contributed by atoms with Gasteiger partial charge in [-0.3, -0.25) is 4.98 Å². The molecule has 64 valence electrons. The highest BCUT2D eigenvalue weighted by atomic mass is 32.2. The molecule has 0 saturated heterocycles. The van der Waals surface area contributed by atoms with Gasteiger partial charge >= 0.3 is 0 Å². The highest BCUT2D eigenvalue weighted by Crippen LogP contribution is 2.07. The van der Waals surface area contributed by atoms with Crippen molar-refractivity contribution in [2.45, 2.75) is 5.75 Å². The van der Waals surface area contributed by atoms with Crippen molar-refractivity contribution in [3.8, 4) is 0 Å². The summed E-state index contributed by atoms with van der Waals surface area (Å²) >= 11 is 1.29. The average Bonchev–Trinajstić information content (AvgIpc) is 2.05. The van der Waals surface area contributed by atoms with Crippen LogP contribution in [0.25, 0.3) is 0 Å². The van der Waals surface area contributed by atoms with E-state index in [4.69, 9.17) is 0 Å². The predicted octanol–water partition coefficient (Wildman–Crippen LogP) is 0.0647. The standard InChI is InChI=1S/C8H9NO2S/c10-8(11)6-12-5-7-3-1-2-4-9-7/h1-4H,5-6H2,(H,10,11)/p-1. The number of rotatable bonds is 4. The molecular weight excluding hydrogens is 174 g/mol. The third kappa shape index (κ3) is 3.39. The molecule has 0 spiro atoms. The molecule has 1 heterocycles. The van der Waals surface area contributed by atoms with Crippen LogP contribution in [0, 0.1) is 0 Å². The van der Waals surface area contributed by atoms with Gasteiger partial charge in [0.25, 0.3) is 0 Å². The molecule has 12 heavy (non-hydrogen) atoms. The molecule has 0 aromatic carbocycles. The Morgan fingerprint density at radius 3 is 3.00 bits per heavy atom. The van der Waals surface area contributed by atoms with Crippen LogP contribution in [0.3, 0.4) is 0 Å². The molecule has 4 heteroatoms. The molecule has 0 bridgehead atoms. The first-order valence-electron chi connectivity index (χ1n) is 3.46. The Kier molecular flexibility index (Phi) is 3.60. The SMILES string of the molecule is O=C([O-])CSCc1ccccn1. The second-order valence-corrected chi connectivity index (χ2v) is 3.17. The van der Waals surface area contributed by atoms with Crippen molar-refractivity contribution in [3.63, 3.8) is 0 Å². The monoisotopic (exact) mass is 182 g/mol. The second kappa shape index (κ2) is 4.77. The number of thioether (sulfide) groups is 1. The molecular formula is C8H8NO2S-. The van der Waals surface area contributed by atoms with E-state index < -0.39 is 5.97 Å². The number of aliphatic carboxylic acids is 1. The Morgan fingerprint density at radius 1 is 1.58 bits per heavy atom. The zero-order valence-electron chi connectivity index (χ0n) is 6.40. The smallest absolute Gasteiger partial charge is 0.0513 e. The molecule has 3 nitrogen and oxygen atoms in total. The molecule has 0 aliphatic carbocycles. The quantitative estimate of drug-likeness (QED) is 0.661. The number of aromatic nitrogens is 1. The Balaban J connectivity index is 2.29. The molecule has 0 N–H and O–H groups in total. The summed E-state index contributed by atoms with van der Waals surface area (Å²) in [6.07, 6.45) is 1.69. The van der Waals surface area contributed by atoms with Gasteiger partial charge < -0.3 is 9.90 Å². The predicted molar refractivity (Wildman–Crippen MR) is 45.4 cm³/mol. The molecule has 0 radical (unpaired) electrons. The molecule has 0 fully saturated rings. The number of carboxylic acid groups (broad SMARTS) is 1. The third-order valence-corrected chi connectivity index (χ3v) is 2.14. The van der Waals surface area contributed by atoms with E-state index in [2.05, 4.69) is 4.98 Å². The van der Waals surface area contributed by atoms with Crippen molar-refractivity contribution in [2.24, 2.45) is 0 Å². The fourth-order valence-corrected chi connectivity index (χ4v) is 1.37. The number of hydrogen-bond donors (Lipinski definition) is 0. The van der Waals surface area contributed by atoms with Crippen LogP contribution in [0.2, 0.25) is 0 Å². The summed E-state index contributed by atoms with van der Waals surface area (Å²) in [6.45, 7) is 0. The van der Waals surface area contributed by atoms with Crippen LogP contribution in [-0.4, -0.2) is 16.7 Å². The number of carboxylic acids is 1. The summed E-state index contributed by atoms with van der Waals surface area (Å²) < 4.78 is 0. The maximum Gasteiger partial charge on any atom is 0.0513 e. The largest absolute Gasteiger partial charge is 0.549 e. The van der Waals surface area contributed by atoms with E-state index in [1.54, 1.807) is 6.20 Å². The third-order valence-electron chi connectivity index (χ3n) is 1.20. The van der Waals surface area contributed by atoms with Gasteiger partial charge in [0.15, 0.2) is 0 Å². The number of carbonyl (C=O) groups is 1. The van der Waals surface area contributed by atoms with Crippen molar-refractivity contribution in [2.75, 3.05) is 5.75 Å². The van der Waals surface area contributed by atoms with Gasteiger partial charge in [-0.15, -0.1) is 11.8 Å². The number of nitrogens with zero attached hydrogens (tertiary/aromatic N) is 1. The Hall–Kier alpha value is -1.03. The fourth-order valence-electron chi connectivity index (χ4n) is 0.722. The minimum absolute atomic E-state index is 0.0244. The lowest BCUT2D eigenvalue weighted by Crippen LogP contribution is -2.24. The summed E-state index contributed by atoms with van der Waals surface area (Å²) in [6, 6.07) is 5.57.